The molecule has 0 bridgehead atoms. The molecule has 7 heteroatoms. The number of rotatable bonds is 0. The number of hydrogen-bond donors (Lipinski definition) is 2. The Labute approximate surface area is 54.2 Å². The van der Waals surface area contributed by atoms with Gasteiger partial charge in [0.2, 0.25) is 0 Å². The molecular formula is H2O5SSb. The first-order chi connectivity index (χ1) is 3.00. The van der Waals surface area contributed by atoms with Crippen molar-refractivity contribution in [1.82, 2.24) is 0 Å². The van der Waals surface area contributed by atoms with Crippen molar-refractivity contribution in [1.29, 1.82) is 0 Å². The Balaban J connectivity index is 0. The third-order valence-electron chi connectivity index (χ3n) is 0. The van der Waals surface area contributed by atoms with Crippen molar-refractivity contribution in [3.63, 3.8) is 0 Å². The molecule has 0 aliphatic carbocycles. The summed E-state index contributed by atoms with van der Waals surface area (Å²) in [4.78, 5) is 0. The van der Waals surface area contributed by atoms with Gasteiger partial charge >= 0.3 is 36.4 Å². The van der Waals surface area contributed by atoms with E-state index in [1.807, 2.05) is 0 Å². The van der Waals surface area contributed by atoms with Gasteiger partial charge in [0.1, 0.15) is 0 Å². The summed E-state index contributed by atoms with van der Waals surface area (Å²) < 4.78 is 39.9. The Morgan fingerprint density at radius 3 is 1.14 bits per heavy atom. The van der Waals surface area contributed by atoms with Crippen LogP contribution in [-0.2, 0) is 13.4 Å². The molecule has 0 aliphatic rings. The van der Waals surface area contributed by atoms with Gasteiger partial charge in [0.25, 0.3) is 0 Å². The summed E-state index contributed by atoms with van der Waals surface area (Å²) in [5.41, 5.74) is 0. The van der Waals surface area contributed by atoms with Crippen molar-refractivity contribution in [3.05, 3.63) is 0 Å². The molecule has 0 amide bonds. The van der Waals surface area contributed by atoms with Crippen LogP contribution in [0.3, 0.4) is 0 Å². The van der Waals surface area contributed by atoms with Crippen molar-refractivity contribution >= 4 is 33.4 Å². The van der Waals surface area contributed by atoms with Gasteiger partial charge < -0.3 is 0 Å². The molecule has 0 saturated heterocycles. The summed E-state index contributed by atoms with van der Waals surface area (Å²) in [6.07, 6.45) is 0. The van der Waals surface area contributed by atoms with E-state index in [4.69, 9.17) is 20.5 Å². The van der Waals surface area contributed by atoms with E-state index in [0.29, 0.717) is 23.0 Å². The Bertz CT molecular complexity index is 102. The van der Waals surface area contributed by atoms with Gasteiger partial charge in [0, 0.05) is 0 Å². The van der Waals surface area contributed by atoms with Crippen molar-refractivity contribution in [2.24, 2.45) is 0 Å². The molecule has 0 aromatic heterocycles. The Hall–Kier alpha value is 0.488. The van der Waals surface area contributed by atoms with Crippen molar-refractivity contribution in [2.45, 2.75) is 0 Å². The van der Waals surface area contributed by atoms with E-state index in [2.05, 4.69) is 0 Å². The molecule has 7 heavy (non-hydrogen) atoms. The van der Waals surface area contributed by atoms with Gasteiger partial charge in [-0.15, -0.1) is 0 Å². The Morgan fingerprint density at radius 2 is 1.14 bits per heavy atom. The molecule has 0 saturated carbocycles. The first-order valence-corrected chi connectivity index (χ1v) is 3.32. The SMILES string of the molecule is O=S(=O)(O)O.[O]=[Sb]. The van der Waals surface area contributed by atoms with Crippen LogP contribution in [0.4, 0.5) is 0 Å². The van der Waals surface area contributed by atoms with Crippen LogP contribution < -0.4 is 0 Å². The molecule has 2 N–H and O–H groups in total. The summed E-state index contributed by atoms with van der Waals surface area (Å²) in [5, 5.41) is 0. The van der Waals surface area contributed by atoms with Crippen molar-refractivity contribution < 1.29 is 20.5 Å². The summed E-state index contributed by atoms with van der Waals surface area (Å²) in [6.45, 7) is 0. The molecule has 0 fully saturated rings. The van der Waals surface area contributed by atoms with Gasteiger partial charge in [0.15, 0.2) is 0 Å². The number of hydrogen-bond acceptors (Lipinski definition) is 3. The summed E-state index contributed by atoms with van der Waals surface area (Å²) >= 11 is 0.500. The molecule has 0 unspecified atom stereocenters. The van der Waals surface area contributed by atoms with Crippen LogP contribution in [0.1, 0.15) is 0 Å². The van der Waals surface area contributed by atoms with Crippen LogP contribution in [0.2, 0.25) is 0 Å². The molecule has 0 aliphatic heterocycles. The standard InChI is InChI=1S/H2O4S.O.Sb/c1-5(2,3)4;;/h(H2,1,2,3,4);;. The molecule has 0 rings (SSSR count). The van der Waals surface area contributed by atoms with Gasteiger partial charge in [-0.25, -0.2) is 0 Å². The van der Waals surface area contributed by atoms with E-state index in [-0.39, 0.29) is 0 Å². The predicted molar refractivity (Wildman–Crippen MR) is 20.6 cm³/mol. The molecule has 43 valence electrons. The minimum absolute atomic E-state index is 0.500. The summed E-state index contributed by atoms with van der Waals surface area (Å²) in [7, 11) is -4.67. The zero-order chi connectivity index (χ0) is 6.50. The maximum absolute atomic E-state index is 8.74. The monoisotopic (exact) mass is 235 g/mol. The molecule has 0 aromatic carbocycles. The normalized spacial score (nSPS) is 8.86. The third-order valence-corrected chi connectivity index (χ3v) is 0. The molecule has 5 nitrogen and oxygen atoms in total. The van der Waals surface area contributed by atoms with Crippen LogP contribution >= 0.6 is 0 Å². The van der Waals surface area contributed by atoms with Gasteiger partial charge in [-0.3, -0.25) is 9.11 Å². The van der Waals surface area contributed by atoms with Crippen molar-refractivity contribution in [3.8, 4) is 0 Å². The Morgan fingerprint density at radius 1 is 1.14 bits per heavy atom. The fourth-order valence-corrected chi connectivity index (χ4v) is 0. The molecule has 0 atom stereocenters. The minimum atomic E-state index is -4.67. The topological polar surface area (TPSA) is 91.7 Å². The molecule has 0 spiro atoms. The van der Waals surface area contributed by atoms with E-state index in [9.17, 15) is 0 Å². The van der Waals surface area contributed by atoms with Crippen LogP contribution in [0.5, 0.6) is 0 Å². The quantitative estimate of drug-likeness (QED) is 0.409. The molecule has 0 aromatic rings. The first kappa shape index (κ1) is 10.5. The van der Waals surface area contributed by atoms with Gasteiger partial charge in [0.05, 0.1) is 0 Å². The van der Waals surface area contributed by atoms with E-state index in [1.54, 1.807) is 0 Å². The van der Waals surface area contributed by atoms with Gasteiger partial charge in [-0.05, 0) is 0 Å². The van der Waals surface area contributed by atoms with E-state index < -0.39 is 10.4 Å². The molecule has 1 radical (unpaired) electrons. The second kappa shape index (κ2) is 4.64. The average Bonchev–Trinajstić information content (AvgIpc) is 1.36. The van der Waals surface area contributed by atoms with E-state index in [1.165, 1.54) is 0 Å². The second-order valence-electron chi connectivity index (χ2n) is 0.448. The third kappa shape index (κ3) is 548. The average molecular weight is 236 g/mol. The van der Waals surface area contributed by atoms with E-state index in [0.717, 1.165) is 0 Å². The predicted octanol–water partition coefficient (Wildman–Crippen LogP) is -1.15. The zero-order valence-corrected chi connectivity index (χ0v) is 6.34. The summed E-state index contributed by atoms with van der Waals surface area (Å²) in [6, 6.07) is 0. The van der Waals surface area contributed by atoms with Crippen LogP contribution in [0.15, 0.2) is 0 Å². The fraction of sp³-hybridized carbons (Fsp3) is 0. The van der Waals surface area contributed by atoms with Crippen molar-refractivity contribution in [2.75, 3.05) is 0 Å². The first-order valence-electron chi connectivity index (χ1n) is 0.881. The van der Waals surface area contributed by atoms with E-state index >= 15 is 0 Å². The summed E-state index contributed by atoms with van der Waals surface area (Å²) in [5.74, 6) is 0. The van der Waals surface area contributed by atoms with Crippen LogP contribution in [0, 0.1) is 0 Å². The van der Waals surface area contributed by atoms with Crippen LogP contribution in [0.25, 0.3) is 0 Å². The maximum atomic E-state index is 8.74. The zero-order valence-electron chi connectivity index (χ0n) is 2.97. The van der Waals surface area contributed by atoms with Gasteiger partial charge in [-0.2, -0.15) is 8.42 Å². The van der Waals surface area contributed by atoms with Gasteiger partial charge in [-0.1, -0.05) is 0 Å². The molecular weight excluding hydrogens is 234 g/mol. The fourth-order valence-electron chi connectivity index (χ4n) is 0. The Kier molecular flexibility index (Phi) is 6.94. The van der Waals surface area contributed by atoms with Crippen LogP contribution in [-0.4, -0.2) is 40.5 Å². The second-order valence-corrected chi connectivity index (χ2v) is 1.34. The molecule has 0 heterocycles.